The van der Waals surface area contributed by atoms with E-state index in [0.717, 1.165) is 22.5 Å². The summed E-state index contributed by atoms with van der Waals surface area (Å²) < 4.78 is 0. The van der Waals surface area contributed by atoms with Crippen LogP contribution in [-0.2, 0) is 18.8 Å². The van der Waals surface area contributed by atoms with Gasteiger partial charge in [0.1, 0.15) is 0 Å². The predicted molar refractivity (Wildman–Crippen MR) is 96.3 cm³/mol. The van der Waals surface area contributed by atoms with Crippen LogP contribution in [0.4, 0.5) is 11.4 Å². The normalized spacial score (nSPS) is 10.6. The van der Waals surface area contributed by atoms with Gasteiger partial charge >= 0.3 is 28.2 Å². The molecular formula is C19H14ClN3Pt. The Kier molecular flexibility index (Phi) is 8.09. The molecule has 1 aromatic heterocycles. The summed E-state index contributed by atoms with van der Waals surface area (Å²) in [5.74, 6) is 0. The Morgan fingerprint density at radius 2 is 1.17 bits per heavy atom. The van der Waals surface area contributed by atoms with E-state index >= 15 is 0 Å². The van der Waals surface area contributed by atoms with Crippen molar-refractivity contribution in [3.63, 3.8) is 0 Å². The van der Waals surface area contributed by atoms with Gasteiger partial charge < -0.3 is 4.98 Å². The quantitative estimate of drug-likeness (QED) is 0.354. The standard InChI is InChI=1S/C19H14N3.ClH.Pt/c1-3-7-18(8-4-1)21-14-16-11-17(13-20-12-16)15-22-19-9-5-2-6-10-19;;/h1-10,12-15H;1H;/q-1;;+2/p-1. The van der Waals surface area contributed by atoms with Gasteiger partial charge in [-0.05, 0) is 49.1 Å². The smallest absolute Gasteiger partial charge is 0.0538 e. The van der Waals surface area contributed by atoms with Gasteiger partial charge in [0, 0.05) is 0 Å². The van der Waals surface area contributed by atoms with Crippen LogP contribution < -0.4 is 0 Å². The molecule has 5 heteroatoms. The van der Waals surface area contributed by atoms with Crippen molar-refractivity contribution in [3.8, 4) is 0 Å². The minimum atomic E-state index is 0.820. The van der Waals surface area contributed by atoms with Crippen molar-refractivity contribution in [1.82, 2.24) is 4.98 Å². The molecule has 0 aliphatic carbocycles. The third-order valence-corrected chi connectivity index (χ3v) is 2.93. The SMILES string of the molecule is [Cl][Pt+].[c-]1c(C=Nc2ccccc2)cncc1C=Nc1ccccc1. The number of nitrogens with zero attached hydrogens (tertiary/aromatic N) is 3. The van der Waals surface area contributed by atoms with Gasteiger partial charge in [-0.25, -0.2) is 0 Å². The number of halogens is 1. The first-order chi connectivity index (χ1) is 11.9. The fourth-order valence-electron chi connectivity index (χ4n) is 1.88. The molecule has 0 N–H and O–H groups in total. The van der Waals surface area contributed by atoms with Crippen molar-refractivity contribution in [2.24, 2.45) is 9.98 Å². The number of aliphatic imine (C=N–C) groups is 2. The Balaban J connectivity index is 0.00000100. The van der Waals surface area contributed by atoms with Crippen molar-refractivity contribution in [3.05, 3.63) is 90.3 Å². The van der Waals surface area contributed by atoms with E-state index in [1.165, 1.54) is 0 Å². The predicted octanol–water partition coefficient (Wildman–Crippen LogP) is 5.07. The van der Waals surface area contributed by atoms with Gasteiger partial charge in [0.2, 0.25) is 0 Å². The first-order valence-electron chi connectivity index (χ1n) is 7.08. The molecule has 0 saturated carbocycles. The monoisotopic (exact) mass is 514 g/mol. The third kappa shape index (κ3) is 6.19. The molecule has 3 nitrogen and oxygen atoms in total. The van der Waals surface area contributed by atoms with E-state index < -0.39 is 0 Å². The van der Waals surface area contributed by atoms with Crippen LogP contribution in [0.25, 0.3) is 0 Å². The topological polar surface area (TPSA) is 37.6 Å². The maximum Gasteiger partial charge on any atom is 0.0538 e. The molecule has 0 aliphatic heterocycles. The van der Waals surface area contributed by atoms with Gasteiger partial charge in [0.05, 0.1) is 11.4 Å². The van der Waals surface area contributed by atoms with Crippen LogP contribution in [0.1, 0.15) is 11.1 Å². The fraction of sp³-hybridized carbons (Fsp3) is 0. The van der Waals surface area contributed by atoms with Crippen LogP contribution in [0.5, 0.6) is 0 Å². The Morgan fingerprint density at radius 3 is 1.58 bits per heavy atom. The number of para-hydroxylation sites is 2. The molecule has 3 aromatic rings. The average Bonchev–Trinajstić information content (AvgIpc) is 2.68. The first-order valence-corrected chi connectivity index (χ1v) is 9.89. The minimum Gasteiger partial charge on any atom is -0.341 e. The molecule has 0 fully saturated rings. The maximum absolute atomic E-state index is 4.61. The van der Waals surface area contributed by atoms with E-state index in [4.69, 9.17) is 0 Å². The van der Waals surface area contributed by atoms with Gasteiger partial charge in [-0.2, -0.15) is 0 Å². The summed E-state index contributed by atoms with van der Waals surface area (Å²) in [6.45, 7) is 0. The minimum absolute atomic E-state index is 0.820. The van der Waals surface area contributed by atoms with Crippen molar-refractivity contribution in [2.75, 3.05) is 0 Å². The summed E-state index contributed by atoms with van der Waals surface area (Å²) in [7, 11) is 4.61. The molecule has 0 spiro atoms. The fourth-order valence-corrected chi connectivity index (χ4v) is 1.88. The van der Waals surface area contributed by atoms with Gasteiger partial charge in [-0.1, -0.05) is 47.5 Å². The van der Waals surface area contributed by atoms with Crippen LogP contribution in [0.3, 0.4) is 0 Å². The maximum atomic E-state index is 4.61. The van der Waals surface area contributed by atoms with Gasteiger partial charge in [-0.3, -0.25) is 9.98 Å². The molecular weight excluding hydrogens is 501 g/mol. The molecule has 3 rings (SSSR count). The van der Waals surface area contributed by atoms with Crippen LogP contribution in [-0.4, -0.2) is 17.4 Å². The number of pyridine rings is 1. The van der Waals surface area contributed by atoms with E-state index in [0.29, 0.717) is 0 Å². The van der Waals surface area contributed by atoms with Crippen molar-refractivity contribution < 1.29 is 18.8 Å². The van der Waals surface area contributed by atoms with Crippen LogP contribution >= 0.6 is 9.42 Å². The largest absolute Gasteiger partial charge is 0.341 e. The summed E-state index contributed by atoms with van der Waals surface area (Å²) in [6.07, 6.45) is 6.96. The molecule has 24 heavy (non-hydrogen) atoms. The van der Waals surface area contributed by atoms with Crippen molar-refractivity contribution in [1.29, 1.82) is 0 Å². The number of benzene rings is 2. The molecule has 0 amide bonds. The van der Waals surface area contributed by atoms with E-state index in [1.807, 2.05) is 60.7 Å². The summed E-state index contributed by atoms with van der Waals surface area (Å²) in [4.78, 5) is 13.0. The Labute approximate surface area is 157 Å². The van der Waals surface area contributed by atoms with E-state index in [-0.39, 0.29) is 0 Å². The molecule has 2 aromatic carbocycles. The Bertz CT molecular complexity index is 725. The summed E-state index contributed by atoms with van der Waals surface area (Å²) in [5, 5.41) is 0. The van der Waals surface area contributed by atoms with E-state index in [2.05, 4.69) is 30.5 Å². The molecule has 122 valence electrons. The first kappa shape index (κ1) is 18.2. The van der Waals surface area contributed by atoms with Gasteiger partial charge in [-0.15, -0.1) is 6.07 Å². The van der Waals surface area contributed by atoms with Crippen molar-refractivity contribution in [2.45, 2.75) is 0 Å². The number of rotatable bonds is 4. The zero-order valence-corrected chi connectivity index (χ0v) is 15.6. The van der Waals surface area contributed by atoms with Crippen molar-refractivity contribution >= 4 is 33.2 Å². The van der Waals surface area contributed by atoms with Crippen LogP contribution in [0.2, 0.25) is 0 Å². The molecule has 0 unspecified atom stereocenters. The Morgan fingerprint density at radius 1 is 0.750 bits per heavy atom. The molecule has 0 radical (unpaired) electrons. The van der Waals surface area contributed by atoms with Gasteiger partial charge in [0.25, 0.3) is 0 Å². The number of aromatic nitrogens is 1. The summed E-state index contributed by atoms with van der Waals surface area (Å²) in [6, 6.07) is 22.8. The number of hydrogen-bond acceptors (Lipinski definition) is 3. The van der Waals surface area contributed by atoms with Crippen LogP contribution in [0.15, 0.2) is 83.0 Å². The Hall–Kier alpha value is -2.09. The molecule has 0 bridgehead atoms. The summed E-state index contributed by atoms with van der Waals surface area (Å²) in [5.41, 5.74) is 3.44. The molecule has 0 atom stereocenters. The van der Waals surface area contributed by atoms with Gasteiger partial charge in [0.15, 0.2) is 0 Å². The zero-order valence-electron chi connectivity index (χ0n) is 12.6. The third-order valence-electron chi connectivity index (χ3n) is 2.93. The summed E-state index contributed by atoms with van der Waals surface area (Å²) >= 11 is 1.61. The van der Waals surface area contributed by atoms with Crippen LogP contribution in [0, 0.1) is 6.07 Å². The second-order valence-corrected chi connectivity index (χ2v) is 4.63. The zero-order chi connectivity index (χ0) is 17.0. The molecule has 0 aliphatic rings. The molecule has 0 saturated heterocycles. The number of hydrogen-bond donors (Lipinski definition) is 0. The second kappa shape index (κ2) is 10.6. The van der Waals surface area contributed by atoms with E-state index in [9.17, 15) is 0 Å². The average molecular weight is 515 g/mol. The van der Waals surface area contributed by atoms with E-state index in [1.54, 1.807) is 43.6 Å². The molecule has 1 heterocycles. The second-order valence-electron chi connectivity index (χ2n) is 4.63.